The molecule has 1 aliphatic rings. The number of hydrogen-bond acceptors (Lipinski definition) is 4. The largest absolute Gasteiger partial charge is 0.349 e. The highest BCUT2D eigenvalue weighted by Gasteiger charge is 2.28. The molecule has 0 spiro atoms. The Bertz CT molecular complexity index is 542. The number of H-pyrrole nitrogens is 1. The topological polar surface area (TPSA) is 88.5 Å². The van der Waals surface area contributed by atoms with E-state index in [2.05, 4.69) is 25.6 Å². The van der Waals surface area contributed by atoms with Crippen LogP contribution in [0.5, 0.6) is 0 Å². The molecule has 0 aromatic carbocycles. The van der Waals surface area contributed by atoms with Crippen molar-refractivity contribution < 1.29 is 4.79 Å². The number of aromatic nitrogens is 5. The SMILES string of the molecule is O=C(NCCCn1cccn1)c1n[nH]c(C2CC2)n1. The zero-order valence-electron chi connectivity index (χ0n) is 10.5. The summed E-state index contributed by atoms with van der Waals surface area (Å²) in [5.41, 5.74) is 0. The Hall–Kier alpha value is -2.18. The lowest BCUT2D eigenvalue weighted by molar-refractivity contribution is 0.0942. The summed E-state index contributed by atoms with van der Waals surface area (Å²) in [7, 11) is 0. The number of nitrogens with one attached hydrogen (secondary N) is 2. The van der Waals surface area contributed by atoms with Gasteiger partial charge >= 0.3 is 0 Å². The maximum atomic E-state index is 11.8. The van der Waals surface area contributed by atoms with Crippen molar-refractivity contribution >= 4 is 5.91 Å². The van der Waals surface area contributed by atoms with E-state index >= 15 is 0 Å². The summed E-state index contributed by atoms with van der Waals surface area (Å²) >= 11 is 0. The van der Waals surface area contributed by atoms with E-state index in [1.807, 2.05) is 16.9 Å². The Kier molecular flexibility index (Phi) is 3.26. The maximum absolute atomic E-state index is 11.8. The van der Waals surface area contributed by atoms with E-state index in [4.69, 9.17) is 0 Å². The van der Waals surface area contributed by atoms with Crippen LogP contribution in [0.4, 0.5) is 0 Å². The van der Waals surface area contributed by atoms with E-state index in [1.165, 1.54) is 0 Å². The fourth-order valence-electron chi connectivity index (χ4n) is 1.87. The molecule has 7 nitrogen and oxygen atoms in total. The van der Waals surface area contributed by atoms with Gasteiger partial charge in [-0.1, -0.05) is 0 Å². The van der Waals surface area contributed by atoms with Crippen LogP contribution in [0.3, 0.4) is 0 Å². The summed E-state index contributed by atoms with van der Waals surface area (Å²) in [5, 5.41) is 13.7. The molecular formula is C12H16N6O. The van der Waals surface area contributed by atoms with Crippen LogP contribution >= 0.6 is 0 Å². The maximum Gasteiger partial charge on any atom is 0.290 e. The predicted molar refractivity (Wildman–Crippen MR) is 67.5 cm³/mol. The van der Waals surface area contributed by atoms with Crippen LogP contribution in [0.25, 0.3) is 0 Å². The fourth-order valence-corrected chi connectivity index (χ4v) is 1.87. The summed E-state index contributed by atoms with van der Waals surface area (Å²) < 4.78 is 1.84. The summed E-state index contributed by atoms with van der Waals surface area (Å²) in [5.74, 6) is 1.33. The number of carbonyl (C=O) groups is 1. The van der Waals surface area contributed by atoms with Crippen LogP contribution < -0.4 is 5.32 Å². The normalized spacial score (nSPS) is 14.5. The molecular weight excluding hydrogens is 244 g/mol. The van der Waals surface area contributed by atoms with Crippen LogP contribution in [0.15, 0.2) is 18.5 Å². The van der Waals surface area contributed by atoms with Crippen LogP contribution in [-0.4, -0.2) is 37.4 Å². The van der Waals surface area contributed by atoms with Crippen LogP contribution in [0.2, 0.25) is 0 Å². The molecule has 19 heavy (non-hydrogen) atoms. The molecule has 1 amide bonds. The van der Waals surface area contributed by atoms with Crippen molar-refractivity contribution in [2.45, 2.75) is 31.7 Å². The zero-order valence-corrected chi connectivity index (χ0v) is 10.5. The average Bonchev–Trinajstić information content (AvgIpc) is 2.95. The van der Waals surface area contributed by atoms with E-state index in [0.717, 1.165) is 31.6 Å². The molecule has 2 N–H and O–H groups in total. The van der Waals surface area contributed by atoms with Gasteiger partial charge in [-0.2, -0.15) is 5.10 Å². The number of aromatic amines is 1. The molecule has 2 heterocycles. The quantitative estimate of drug-likeness (QED) is 0.748. The van der Waals surface area contributed by atoms with E-state index < -0.39 is 0 Å². The van der Waals surface area contributed by atoms with Crippen molar-refractivity contribution in [3.05, 3.63) is 30.1 Å². The van der Waals surface area contributed by atoms with E-state index in [1.54, 1.807) is 6.20 Å². The minimum atomic E-state index is -0.219. The minimum Gasteiger partial charge on any atom is -0.349 e. The Morgan fingerprint density at radius 1 is 1.53 bits per heavy atom. The second kappa shape index (κ2) is 5.21. The Morgan fingerprint density at radius 3 is 3.16 bits per heavy atom. The third-order valence-electron chi connectivity index (χ3n) is 3.08. The summed E-state index contributed by atoms with van der Waals surface area (Å²) in [4.78, 5) is 16.0. The molecule has 1 saturated carbocycles. The highest BCUT2D eigenvalue weighted by molar-refractivity contribution is 5.90. The number of rotatable bonds is 6. The molecule has 7 heteroatoms. The molecule has 0 radical (unpaired) electrons. The van der Waals surface area contributed by atoms with Gasteiger partial charge in [0.1, 0.15) is 5.82 Å². The Balaban J connectivity index is 1.42. The smallest absolute Gasteiger partial charge is 0.290 e. The molecule has 1 aliphatic carbocycles. The summed E-state index contributed by atoms with van der Waals surface area (Å²) in [6, 6.07) is 1.88. The highest BCUT2D eigenvalue weighted by atomic mass is 16.2. The second-order valence-corrected chi connectivity index (χ2v) is 4.70. The van der Waals surface area contributed by atoms with Crippen molar-refractivity contribution in [3.63, 3.8) is 0 Å². The molecule has 2 aromatic heterocycles. The number of amides is 1. The Morgan fingerprint density at radius 2 is 2.42 bits per heavy atom. The zero-order chi connectivity index (χ0) is 13.1. The molecule has 1 fully saturated rings. The summed E-state index contributed by atoms with van der Waals surface area (Å²) in [6.07, 6.45) is 6.75. The van der Waals surface area contributed by atoms with E-state index in [9.17, 15) is 4.79 Å². The van der Waals surface area contributed by atoms with Crippen molar-refractivity contribution in [2.24, 2.45) is 0 Å². The van der Waals surface area contributed by atoms with Crippen molar-refractivity contribution in [3.8, 4) is 0 Å². The number of nitrogens with zero attached hydrogens (tertiary/aromatic N) is 4. The van der Waals surface area contributed by atoms with Gasteiger partial charge in [-0.25, -0.2) is 4.98 Å². The molecule has 100 valence electrons. The molecule has 0 saturated heterocycles. The average molecular weight is 260 g/mol. The first-order chi connectivity index (χ1) is 9.33. The molecule has 2 aromatic rings. The molecule has 0 atom stereocenters. The van der Waals surface area contributed by atoms with Crippen molar-refractivity contribution in [2.75, 3.05) is 6.54 Å². The van der Waals surface area contributed by atoms with E-state index in [-0.39, 0.29) is 11.7 Å². The number of aryl methyl sites for hydroxylation is 1. The van der Waals surface area contributed by atoms with Crippen LogP contribution in [0.1, 0.15) is 41.6 Å². The van der Waals surface area contributed by atoms with Crippen LogP contribution in [-0.2, 0) is 6.54 Å². The van der Waals surface area contributed by atoms with Gasteiger partial charge in [-0.3, -0.25) is 14.6 Å². The predicted octanol–water partition coefficient (Wildman–Crippen LogP) is 0.699. The standard InChI is InChI=1S/C12H16N6O/c19-12(11-15-10(16-17-11)9-3-4-9)13-5-1-7-18-8-2-6-14-18/h2,6,8-9H,1,3-5,7H2,(H,13,19)(H,15,16,17). The first kappa shape index (κ1) is 11.9. The summed E-state index contributed by atoms with van der Waals surface area (Å²) in [6.45, 7) is 1.38. The fraction of sp³-hybridized carbons (Fsp3) is 0.500. The van der Waals surface area contributed by atoms with Gasteiger partial charge in [0.2, 0.25) is 5.82 Å². The molecule has 0 bridgehead atoms. The number of hydrogen-bond donors (Lipinski definition) is 2. The third-order valence-corrected chi connectivity index (χ3v) is 3.08. The molecule has 3 rings (SSSR count). The monoisotopic (exact) mass is 260 g/mol. The first-order valence-electron chi connectivity index (χ1n) is 6.51. The van der Waals surface area contributed by atoms with Gasteiger partial charge in [0.25, 0.3) is 5.91 Å². The molecule has 0 unspecified atom stereocenters. The molecule has 0 aliphatic heterocycles. The van der Waals surface area contributed by atoms with Crippen molar-refractivity contribution in [1.29, 1.82) is 0 Å². The lowest BCUT2D eigenvalue weighted by atomic mass is 10.4. The lowest BCUT2D eigenvalue weighted by Gasteiger charge is -2.02. The minimum absolute atomic E-state index is 0.219. The highest BCUT2D eigenvalue weighted by Crippen LogP contribution is 2.37. The van der Waals surface area contributed by atoms with Gasteiger partial charge in [-0.05, 0) is 25.3 Å². The van der Waals surface area contributed by atoms with E-state index in [0.29, 0.717) is 12.5 Å². The third kappa shape index (κ3) is 2.98. The van der Waals surface area contributed by atoms with Gasteiger partial charge in [0.15, 0.2) is 0 Å². The van der Waals surface area contributed by atoms with Crippen molar-refractivity contribution in [1.82, 2.24) is 30.3 Å². The van der Waals surface area contributed by atoms with Crippen LogP contribution in [0, 0.1) is 0 Å². The van der Waals surface area contributed by atoms with Gasteiger partial charge in [0.05, 0.1) is 0 Å². The first-order valence-corrected chi connectivity index (χ1v) is 6.51. The lowest BCUT2D eigenvalue weighted by Crippen LogP contribution is -2.26. The van der Waals surface area contributed by atoms with Gasteiger partial charge in [0, 0.05) is 31.4 Å². The van der Waals surface area contributed by atoms with Gasteiger partial charge < -0.3 is 5.32 Å². The number of carbonyl (C=O) groups excluding carboxylic acids is 1. The van der Waals surface area contributed by atoms with Gasteiger partial charge in [-0.15, -0.1) is 5.10 Å². The Labute approximate surface area is 110 Å². The second-order valence-electron chi connectivity index (χ2n) is 4.70.